The van der Waals surface area contributed by atoms with Gasteiger partial charge in [-0.25, -0.2) is 4.39 Å². The standard InChI is InChI=1S/C23H25FN4OS/c1-17-11-13-27(14-12-17)22(29)16-30-23-26-25-21(15-18-5-3-2-4-6-18)28(23)20-9-7-19(24)8-10-20/h2-10,17H,11-16H2,1H3. The van der Waals surface area contributed by atoms with E-state index in [-0.39, 0.29) is 11.7 Å². The second-order valence-electron chi connectivity index (χ2n) is 7.72. The Bertz CT molecular complexity index is 982. The molecule has 0 N–H and O–H groups in total. The Kier molecular flexibility index (Phi) is 6.47. The quantitative estimate of drug-likeness (QED) is 0.552. The fourth-order valence-corrected chi connectivity index (χ4v) is 4.49. The van der Waals surface area contributed by atoms with Crippen LogP contribution in [-0.2, 0) is 11.2 Å². The Labute approximate surface area is 180 Å². The number of nitrogens with zero attached hydrogens (tertiary/aromatic N) is 4. The molecular weight excluding hydrogens is 399 g/mol. The summed E-state index contributed by atoms with van der Waals surface area (Å²) in [7, 11) is 0. The molecule has 0 unspecified atom stereocenters. The number of carbonyl (C=O) groups excluding carboxylic acids is 1. The lowest BCUT2D eigenvalue weighted by molar-refractivity contribution is -0.129. The molecule has 5 nitrogen and oxygen atoms in total. The number of rotatable bonds is 6. The number of carbonyl (C=O) groups is 1. The van der Waals surface area contributed by atoms with Gasteiger partial charge in [-0.2, -0.15) is 0 Å². The number of halogens is 1. The normalized spacial score (nSPS) is 14.8. The number of hydrogen-bond donors (Lipinski definition) is 0. The van der Waals surface area contributed by atoms with Crippen LogP contribution in [0.1, 0.15) is 31.2 Å². The van der Waals surface area contributed by atoms with Gasteiger partial charge in [0.2, 0.25) is 5.91 Å². The average molecular weight is 425 g/mol. The van der Waals surface area contributed by atoms with Crippen molar-refractivity contribution in [2.24, 2.45) is 5.92 Å². The molecule has 0 radical (unpaired) electrons. The molecule has 0 spiro atoms. The van der Waals surface area contributed by atoms with E-state index in [9.17, 15) is 9.18 Å². The van der Waals surface area contributed by atoms with E-state index in [2.05, 4.69) is 17.1 Å². The lowest BCUT2D eigenvalue weighted by Crippen LogP contribution is -2.38. The Morgan fingerprint density at radius 2 is 1.77 bits per heavy atom. The molecule has 1 fully saturated rings. The van der Waals surface area contributed by atoms with Gasteiger partial charge in [0, 0.05) is 25.2 Å². The Hall–Kier alpha value is -2.67. The molecular formula is C23H25FN4OS. The van der Waals surface area contributed by atoms with Crippen LogP contribution in [0.4, 0.5) is 4.39 Å². The van der Waals surface area contributed by atoms with Gasteiger partial charge in [-0.3, -0.25) is 9.36 Å². The molecule has 2 aromatic carbocycles. The zero-order chi connectivity index (χ0) is 20.9. The molecule has 30 heavy (non-hydrogen) atoms. The predicted molar refractivity (Wildman–Crippen MR) is 116 cm³/mol. The smallest absolute Gasteiger partial charge is 0.233 e. The minimum absolute atomic E-state index is 0.130. The third-order valence-corrected chi connectivity index (χ3v) is 6.37. The van der Waals surface area contributed by atoms with Crippen LogP contribution in [0, 0.1) is 11.7 Å². The highest BCUT2D eigenvalue weighted by Gasteiger charge is 2.22. The number of aromatic nitrogens is 3. The monoisotopic (exact) mass is 424 g/mol. The minimum atomic E-state index is -0.292. The number of amides is 1. The molecule has 1 aliphatic heterocycles. The molecule has 1 aliphatic rings. The number of thioether (sulfide) groups is 1. The lowest BCUT2D eigenvalue weighted by atomic mass is 9.99. The van der Waals surface area contributed by atoms with Gasteiger partial charge < -0.3 is 4.90 Å². The van der Waals surface area contributed by atoms with Crippen LogP contribution in [0.15, 0.2) is 59.8 Å². The Morgan fingerprint density at radius 3 is 2.47 bits per heavy atom. The average Bonchev–Trinajstić information content (AvgIpc) is 3.16. The summed E-state index contributed by atoms with van der Waals surface area (Å²) in [6, 6.07) is 16.3. The summed E-state index contributed by atoms with van der Waals surface area (Å²) in [5.41, 5.74) is 1.90. The first-order chi connectivity index (χ1) is 14.6. The second kappa shape index (κ2) is 9.43. The van der Waals surface area contributed by atoms with Crippen LogP contribution in [0.5, 0.6) is 0 Å². The fraction of sp³-hybridized carbons (Fsp3) is 0.348. The summed E-state index contributed by atoms with van der Waals surface area (Å²) in [5.74, 6) is 1.60. The van der Waals surface area contributed by atoms with Crippen molar-refractivity contribution in [3.05, 3.63) is 71.8 Å². The van der Waals surface area contributed by atoms with Crippen molar-refractivity contribution in [2.45, 2.75) is 31.3 Å². The molecule has 0 bridgehead atoms. The maximum Gasteiger partial charge on any atom is 0.233 e. The van der Waals surface area contributed by atoms with Gasteiger partial charge in [0.05, 0.1) is 5.75 Å². The van der Waals surface area contributed by atoms with E-state index < -0.39 is 0 Å². The molecule has 0 aliphatic carbocycles. The van der Waals surface area contributed by atoms with E-state index in [0.717, 1.165) is 43.0 Å². The van der Waals surface area contributed by atoms with E-state index in [4.69, 9.17) is 0 Å². The largest absolute Gasteiger partial charge is 0.342 e. The van der Waals surface area contributed by atoms with Crippen molar-refractivity contribution in [1.29, 1.82) is 0 Å². The van der Waals surface area contributed by atoms with E-state index in [1.165, 1.54) is 23.9 Å². The fourth-order valence-electron chi connectivity index (χ4n) is 3.61. The van der Waals surface area contributed by atoms with E-state index in [1.54, 1.807) is 12.1 Å². The van der Waals surface area contributed by atoms with Crippen LogP contribution >= 0.6 is 11.8 Å². The first-order valence-electron chi connectivity index (χ1n) is 10.2. The lowest BCUT2D eigenvalue weighted by Gasteiger charge is -2.30. The first-order valence-corrected chi connectivity index (χ1v) is 11.2. The summed E-state index contributed by atoms with van der Waals surface area (Å²) in [4.78, 5) is 14.6. The Morgan fingerprint density at radius 1 is 1.07 bits per heavy atom. The topological polar surface area (TPSA) is 51.0 Å². The minimum Gasteiger partial charge on any atom is -0.342 e. The number of piperidine rings is 1. The van der Waals surface area contributed by atoms with Crippen LogP contribution in [0.2, 0.25) is 0 Å². The Balaban J connectivity index is 1.54. The van der Waals surface area contributed by atoms with Crippen LogP contribution in [0.25, 0.3) is 5.69 Å². The summed E-state index contributed by atoms with van der Waals surface area (Å²) in [6.07, 6.45) is 2.72. The van der Waals surface area contributed by atoms with E-state index >= 15 is 0 Å². The number of hydrogen-bond acceptors (Lipinski definition) is 4. The SMILES string of the molecule is CC1CCN(C(=O)CSc2nnc(Cc3ccccc3)n2-c2ccc(F)cc2)CC1. The molecule has 7 heteroatoms. The van der Waals surface area contributed by atoms with E-state index in [1.807, 2.05) is 39.8 Å². The zero-order valence-electron chi connectivity index (χ0n) is 17.0. The second-order valence-corrected chi connectivity index (χ2v) is 8.67. The zero-order valence-corrected chi connectivity index (χ0v) is 17.8. The van der Waals surface area contributed by atoms with Gasteiger partial charge in [0.15, 0.2) is 5.16 Å². The van der Waals surface area contributed by atoms with Crippen LogP contribution in [0.3, 0.4) is 0 Å². The summed E-state index contributed by atoms with van der Waals surface area (Å²) in [6.45, 7) is 3.88. The molecule has 156 valence electrons. The molecule has 1 aromatic heterocycles. The van der Waals surface area contributed by atoms with Gasteiger partial charge in [-0.15, -0.1) is 10.2 Å². The summed E-state index contributed by atoms with van der Waals surface area (Å²) in [5, 5.41) is 9.38. The first kappa shape index (κ1) is 20.6. The summed E-state index contributed by atoms with van der Waals surface area (Å²) >= 11 is 1.38. The highest BCUT2D eigenvalue weighted by molar-refractivity contribution is 7.99. The van der Waals surface area contributed by atoms with Crippen molar-refractivity contribution in [3.63, 3.8) is 0 Å². The number of likely N-dealkylation sites (tertiary alicyclic amines) is 1. The van der Waals surface area contributed by atoms with E-state index in [0.29, 0.717) is 23.2 Å². The van der Waals surface area contributed by atoms with Crippen LogP contribution < -0.4 is 0 Å². The van der Waals surface area contributed by atoms with Crippen molar-refractivity contribution in [1.82, 2.24) is 19.7 Å². The van der Waals surface area contributed by atoms with Crippen molar-refractivity contribution in [3.8, 4) is 5.69 Å². The van der Waals surface area contributed by atoms with Gasteiger partial charge in [-0.1, -0.05) is 49.0 Å². The van der Waals surface area contributed by atoms with Gasteiger partial charge in [0.25, 0.3) is 0 Å². The third-order valence-electron chi connectivity index (χ3n) is 5.45. The summed E-state index contributed by atoms with van der Waals surface area (Å²) < 4.78 is 15.4. The predicted octanol–water partition coefficient (Wildman–Crippen LogP) is 4.35. The van der Waals surface area contributed by atoms with Crippen molar-refractivity contribution >= 4 is 17.7 Å². The third kappa shape index (κ3) is 4.90. The van der Waals surface area contributed by atoms with Crippen molar-refractivity contribution < 1.29 is 9.18 Å². The maximum atomic E-state index is 13.5. The van der Waals surface area contributed by atoms with Gasteiger partial charge in [-0.05, 0) is 48.6 Å². The maximum absolute atomic E-state index is 13.5. The molecule has 4 rings (SSSR count). The molecule has 0 saturated carbocycles. The highest BCUT2D eigenvalue weighted by atomic mass is 32.2. The molecule has 0 atom stereocenters. The number of benzene rings is 2. The van der Waals surface area contributed by atoms with Crippen molar-refractivity contribution in [2.75, 3.05) is 18.8 Å². The highest BCUT2D eigenvalue weighted by Crippen LogP contribution is 2.25. The molecule has 1 saturated heterocycles. The van der Waals surface area contributed by atoms with Gasteiger partial charge in [0.1, 0.15) is 11.6 Å². The molecule has 3 aromatic rings. The molecule has 1 amide bonds. The van der Waals surface area contributed by atoms with Crippen LogP contribution in [-0.4, -0.2) is 44.4 Å². The molecule has 2 heterocycles. The van der Waals surface area contributed by atoms with Gasteiger partial charge >= 0.3 is 0 Å².